The van der Waals surface area contributed by atoms with E-state index in [0.29, 0.717) is 75.7 Å². The number of aliphatic hydroxyl groups excluding tert-OH is 5. The summed E-state index contributed by atoms with van der Waals surface area (Å²) in [6, 6.07) is 5.70. The van der Waals surface area contributed by atoms with Gasteiger partial charge in [-0.15, -0.1) is 46.8 Å². The summed E-state index contributed by atoms with van der Waals surface area (Å²) in [5, 5.41) is 44.2. The summed E-state index contributed by atoms with van der Waals surface area (Å²) in [6.45, 7) is 19.7. The normalized spacial score (nSPS) is 19.5. The van der Waals surface area contributed by atoms with Gasteiger partial charge in [-0.1, -0.05) is 29.9 Å². The van der Waals surface area contributed by atoms with Crippen LogP contribution in [0.5, 0.6) is 0 Å². The largest absolute Gasteiger partial charge is 0.512 e. The molecule has 0 bridgehead atoms. The Morgan fingerprint density at radius 3 is 0.895 bits per heavy atom. The summed E-state index contributed by atoms with van der Waals surface area (Å²) in [7, 11) is 1.20. The minimum Gasteiger partial charge on any atom is -0.512 e. The molecule has 707 valence electrons. The van der Waals surface area contributed by atoms with Gasteiger partial charge in [-0.2, -0.15) is 88.5 Å². The Bertz CT molecular complexity index is 4420. The molecule has 0 amide bonds. The maximum Gasteiger partial charge on any atom is 0.378 e. The number of thiazole rings is 3. The van der Waals surface area contributed by atoms with Crippen molar-refractivity contribution < 1.29 is 264 Å². The Hall–Kier alpha value is -6.57. The van der Waals surface area contributed by atoms with E-state index in [1.54, 1.807) is 24.4 Å². The number of nitrogens with zero attached hydrogens (tertiary/aromatic N) is 6. The molecule has 124 heavy (non-hydrogen) atoms. The maximum atomic E-state index is 13.5. The summed E-state index contributed by atoms with van der Waals surface area (Å²) in [5.74, 6) is -66.8. The van der Waals surface area contributed by atoms with E-state index in [-0.39, 0.29) is 187 Å². The molecule has 10 rings (SSSR count). The number of hydrogen-bond donors (Lipinski definition) is 5. The first kappa shape index (κ1) is 126. The topological polar surface area (TPSA) is 278 Å². The van der Waals surface area contributed by atoms with E-state index in [4.69, 9.17) is 49.5 Å². The van der Waals surface area contributed by atoms with Crippen LogP contribution in [0.2, 0.25) is 0 Å². The monoisotopic (exact) mass is 2760 g/mol. The predicted octanol–water partition coefficient (Wildman–Crippen LogP) is 22.1. The second kappa shape index (κ2) is 50.4. The van der Waals surface area contributed by atoms with Crippen molar-refractivity contribution in [1.29, 1.82) is 0 Å². The molecule has 0 aromatic carbocycles. The average molecular weight is 2760 g/mol. The first-order valence-electron chi connectivity index (χ1n) is 33.0. The van der Waals surface area contributed by atoms with Gasteiger partial charge in [-0.05, 0) is 82.9 Å². The molecule has 0 aliphatic heterocycles. The van der Waals surface area contributed by atoms with Crippen molar-refractivity contribution in [2.45, 2.75) is 199 Å². The van der Waals surface area contributed by atoms with Crippen molar-refractivity contribution in [3.05, 3.63) is 186 Å². The minimum absolute atomic E-state index is 0. The van der Waals surface area contributed by atoms with Crippen LogP contribution in [0.3, 0.4) is 0 Å². The van der Waals surface area contributed by atoms with E-state index in [1.165, 1.54) is 138 Å². The molecular formula is C74H76F26Ir5N6O10S3. The fourth-order valence-electron chi connectivity index (χ4n) is 8.87. The van der Waals surface area contributed by atoms with Gasteiger partial charge in [0.15, 0.2) is 0 Å². The molecule has 5 aliphatic rings. The number of allylic oxidation sites excluding steroid dienone is 20. The molecule has 16 nitrogen and oxygen atoms in total. The van der Waals surface area contributed by atoms with E-state index in [1.807, 2.05) is 6.92 Å². The Labute approximate surface area is 770 Å². The molecule has 0 atom stereocenters. The van der Waals surface area contributed by atoms with E-state index >= 15 is 0 Å². The van der Waals surface area contributed by atoms with E-state index in [9.17, 15) is 114 Å². The van der Waals surface area contributed by atoms with Crippen molar-refractivity contribution in [3.63, 3.8) is 0 Å². The Morgan fingerprint density at radius 1 is 0.371 bits per heavy atom. The SMILES string of the molecule is CC(=[OH+])C=C(C)O.CC(=[OH+])C=C(C)O.CC(=[OH+])C=C(C)O.CC(=[OH+])C=C(C)O.CC(=[OH+])C=C(C)O.Cc1cnc(C2=[C-]C(F)(F)C(F)(F)C(F)(F)C2(F)F)s1.Cc1cnc(C2=[C-]C(F)(F)C(F)(F)C2(F)F)s1.Cc1cnc(C2=[C-]CCCC2(F)F)s1.Cn1ccc(C2=[C-]C(F)(F)C(F)(F)C(F)(F)C2(F)F)n1.FC1(F)CC[C-]=C1c1ccccn1.[Ir].[Ir].[Ir].[Ir].[Ir]. The molecule has 0 spiro atoms. The van der Waals surface area contributed by atoms with Crippen molar-refractivity contribution in [2.24, 2.45) is 7.05 Å². The fourth-order valence-corrected chi connectivity index (χ4v) is 11.3. The predicted molar refractivity (Wildman–Crippen MR) is 394 cm³/mol. The number of aryl methyl sites for hydroxylation is 4. The molecule has 0 saturated heterocycles. The van der Waals surface area contributed by atoms with Crippen LogP contribution < -0.4 is 0 Å². The third-order valence-electron chi connectivity index (χ3n) is 13.9. The Morgan fingerprint density at radius 2 is 0.661 bits per heavy atom. The standard InChI is InChI=1S/C10H5F8N2.C10H4F8NS.C10H10F2NS.C10H8F2N.C9H4F6NS.5C5H8O2.5Ir/c1-20-3-2-6(19-20)5-4-7(11,12)9(15,16)10(17,18)8(5,13)14;1-4-3-19-6(20-4)5-2-7(11,12)9(15,16)10(17,18)8(5,13)14;1-7-6-13-9(14-7)8-4-2-3-5-10(8,11)12;11-10(12)6-3-4-8(10)9-5-1-2-7-13-9;1-4-3-16-6(17-4)5-2-7(10,11)9(14,15)8(5,12)13;5*1-4(6)3-5(2)7;;;;;/h2-3H,1H3;3H,1H3;6H,2-3,5H2,1H3;1-2,5,7H,3,6H2;3H,1H3;5*3,6H,1-2H3;;;;;/q5*-1;;;;;;;;;;/p+5. The van der Waals surface area contributed by atoms with Crippen molar-refractivity contribution in [1.82, 2.24) is 29.7 Å². The molecular weight excluding hydrogens is 2680 g/mol. The van der Waals surface area contributed by atoms with Gasteiger partial charge in [0.1, 0.15) is 0 Å². The molecule has 5 radical (unpaired) electrons. The quantitative estimate of drug-likeness (QED) is 0.0290. The molecule has 10 N–H and O–H groups in total. The Balaban J connectivity index is -0.000000433. The first-order chi connectivity index (χ1) is 53.7. The number of aromatic nitrogens is 6. The molecule has 0 unspecified atom stereocenters. The molecule has 0 saturated carbocycles. The van der Waals surface area contributed by atoms with Crippen LogP contribution in [-0.4, -0.2) is 185 Å². The number of rotatable bonds is 10. The second-order valence-electron chi connectivity index (χ2n) is 25.2. The molecule has 0 fully saturated rings. The molecule has 5 aromatic rings. The van der Waals surface area contributed by atoms with E-state index < -0.39 is 109 Å². The molecule has 5 heterocycles. The number of aliphatic hydroxyl groups is 5. The first-order valence-corrected chi connectivity index (χ1v) is 35.5. The van der Waals surface area contributed by atoms with Crippen LogP contribution in [-0.2, 0) is 108 Å². The van der Waals surface area contributed by atoms with E-state index in [2.05, 4.69) is 37.2 Å². The van der Waals surface area contributed by atoms with Crippen LogP contribution in [0.15, 0.2) is 114 Å². The third-order valence-corrected chi connectivity index (χ3v) is 16.7. The van der Waals surface area contributed by atoms with Crippen LogP contribution >= 0.6 is 34.0 Å². The second-order valence-corrected chi connectivity index (χ2v) is 28.9. The zero-order valence-corrected chi connectivity index (χ0v) is 80.4. The van der Waals surface area contributed by atoms with Gasteiger partial charge in [0.05, 0.1) is 93.8 Å². The number of hydrogen-bond acceptors (Lipinski definition) is 13. The number of alkyl halides is 26. The summed E-state index contributed by atoms with van der Waals surface area (Å²) in [5.41, 5.74) is -6.30. The van der Waals surface area contributed by atoms with Gasteiger partial charge in [-0.25, -0.2) is 77.9 Å². The van der Waals surface area contributed by atoms with Crippen LogP contribution in [0.4, 0.5) is 114 Å². The van der Waals surface area contributed by atoms with Crippen LogP contribution in [0.1, 0.15) is 142 Å². The van der Waals surface area contributed by atoms with Crippen LogP contribution in [0, 0.1) is 51.2 Å². The van der Waals surface area contributed by atoms with Crippen LogP contribution in [0.25, 0.3) is 27.9 Å². The summed E-state index contributed by atoms with van der Waals surface area (Å²) in [4.78, 5) is 58.2. The number of ketones is 5. The molecule has 5 aromatic heterocycles. The van der Waals surface area contributed by atoms with Gasteiger partial charge in [0.2, 0.25) is 11.8 Å². The Kier molecular flexibility index (Phi) is 51.2. The van der Waals surface area contributed by atoms with Gasteiger partial charge >= 0.3 is 76.3 Å². The van der Waals surface area contributed by atoms with Crippen molar-refractivity contribution in [2.75, 3.05) is 0 Å². The fraction of sp³-hybridized carbons (Fsp3) is 0.432. The van der Waals surface area contributed by atoms with Gasteiger partial charge in [0, 0.05) is 160 Å². The summed E-state index contributed by atoms with van der Waals surface area (Å²) < 4.78 is 342. The third kappa shape index (κ3) is 34.5. The average Bonchev–Trinajstić information content (AvgIpc) is 0.795. The summed E-state index contributed by atoms with van der Waals surface area (Å²) in [6.07, 6.45) is 21.2. The van der Waals surface area contributed by atoms with Crippen molar-refractivity contribution in [3.8, 4) is 0 Å². The molecule has 50 heteroatoms. The number of carbonyl (C=O) groups excluding carboxylic acids is 5. The maximum absolute atomic E-state index is 13.5. The zero-order chi connectivity index (χ0) is 93.0. The molecule has 5 aliphatic carbocycles. The van der Waals surface area contributed by atoms with E-state index in [0.717, 1.165) is 34.2 Å². The van der Waals surface area contributed by atoms with Crippen molar-refractivity contribution >= 4 is 90.8 Å². The van der Waals surface area contributed by atoms with Gasteiger partial charge in [-0.3, -0.25) is 45.9 Å². The minimum atomic E-state index is -6.28. The van der Waals surface area contributed by atoms with Gasteiger partial charge in [0.25, 0.3) is 17.8 Å². The zero-order valence-electron chi connectivity index (χ0n) is 66.0. The number of halogens is 26. The van der Waals surface area contributed by atoms with Gasteiger partial charge < -0.3 is 45.5 Å². The smallest absolute Gasteiger partial charge is 0.378 e. The summed E-state index contributed by atoms with van der Waals surface area (Å²) >= 11 is 2.33. The number of pyridine rings is 1.